The lowest BCUT2D eigenvalue weighted by molar-refractivity contribution is -0.138. The van der Waals surface area contributed by atoms with Gasteiger partial charge in [-0.1, -0.05) is 23.2 Å². The minimum absolute atomic E-state index is 0.249. The number of carboxylic acid groups (broad SMARTS) is 1. The molecule has 0 aromatic heterocycles. The first kappa shape index (κ1) is 12.9. The number of halogens is 2. The summed E-state index contributed by atoms with van der Waals surface area (Å²) in [6, 6.07) is 0. The maximum atomic E-state index is 10.9. The summed E-state index contributed by atoms with van der Waals surface area (Å²) in [5, 5.41) is 10.2. The second-order valence-corrected chi connectivity index (χ2v) is 3.26. The maximum Gasteiger partial charge on any atom is 0.322 e. The Labute approximate surface area is 89.7 Å². The largest absolute Gasteiger partial charge is 0.480 e. The smallest absolute Gasteiger partial charge is 0.322 e. The zero-order valence-electron chi connectivity index (χ0n) is 6.92. The third kappa shape index (κ3) is 7.57. The van der Waals surface area contributed by atoms with Crippen LogP contribution in [-0.2, 0) is 14.4 Å². The minimum Gasteiger partial charge on any atom is -0.480 e. The molecule has 0 radical (unpaired) electrons. The van der Waals surface area contributed by atoms with E-state index >= 15 is 0 Å². The molecule has 0 spiro atoms. The van der Waals surface area contributed by atoms with Crippen LogP contribution in [0.2, 0.25) is 0 Å². The van der Waals surface area contributed by atoms with Gasteiger partial charge >= 0.3 is 5.97 Å². The molecular weight excluding hydrogens is 233 g/mol. The Hall–Kier alpha value is -1.07. The van der Waals surface area contributed by atoms with Gasteiger partial charge in [0.05, 0.1) is 6.42 Å². The lowest BCUT2D eigenvalue weighted by Gasteiger charge is -1.98. The van der Waals surface area contributed by atoms with E-state index in [9.17, 15) is 14.4 Å². The van der Waals surface area contributed by atoms with Crippen molar-refractivity contribution in [3.63, 3.8) is 0 Å². The van der Waals surface area contributed by atoms with E-state index in [2.05, 4.69) is 0 Å². The molecule has 0 saturated heterocycles. The van der Waals surface area contributed by atoms with Crippen molar-refractivity contribution in [3.05, 3.63) is 10.6 Å². The Morgan fingerprint density at radius 1 is 1.29 bits per heavy atom. The number of rotatable bonds is 5. The van der Waals surface area contributed by atoms with Gasteiger partial charge in [0.25, 0.3) is 0 Å². The molecule has 0 atom stereocenters. The molecule has 0 saturated carbocycles. The van der Waals surface area contributed by atoms with Crippen LogP contribution in [0.5, 0.6) is 0 Å². The lowest BCUT2D eigenvalue weighted by Crippen LogP contribution is -2.30. The Morgan fingerprint density at radius 3 is 2.29 bits per heavy atom. The van der Waals surface area contributed by atoms with Crippen LogP contribution in [-0.4, -0.2) is 29.3 Å². The second kappa shape index (κ2) is 6.39. The number of hydrogen-bond acceptors (Lipinski definition) is 3. The van der Waals surface area contributed by atoms with Crippen molar-refractivity contribution >= 4 is 40.9 Å². The first-order valence-electron chi connectivity index (χ1n) is 3.46. The van der Waals surface area contributed by atoms with E-state index in [4.69, 9.17) is 28.3 Å². The van der Waals surface area contributed by atoms with Crippen molar-refractivity contribution < 1.29 is 19.5 Å². The third-order valence-electron chi connectivity index (χ3n) is 1.04. The highest BCUT2D eigenvalue weighted by Crippen LogP contribution is 2.06. The zero-order chi connectivity index (χ0) is 11.1. The van der Waals surface area contributed by atoms with Gasteiger partial charge in [0.1, 0.15) is 11.0 Å². The fraction of sp³-hybridized carbons (Fsp3) is 0.286. The molecule has 2 N–H and O–H groups in total. The van der Waals surface area contributed by atoms with Crippen molar-refractivity contribution in [2.45, 2.75) is 6.42 Å². The van der Waals surface area contributed by atoms with Gasteiger partial charge in [-0.05, 0) is 0 Å². The number of hydrogen-bond donors (Lipinski definition) is 2. The number of aliphatic carboxylic acids is 1. The van der Waals surface area contributed by atoms with Crippen LogP contribution in [0, 0.1) is 0 Å². The highest BCUT2D eigenvalue weighted by Gasteiger charge is 2.08. The summed E-state index contributed by atoms with van der Waals surface area (Å²) >= 11 is 10.3. The Bertz CT molecular complexity index is 283. The normalized spacial score (nSPS) is 9.00. The monoisotopic (exact) mass is 239 g/mol. The van der Waals surface area contributed by atoms with Crippen LogP contribution in [0.15, 0.2) is 10.6 Å². The van der Waals surface area contributed by atoms with E-state index in [0.29, 0.717) is 0 Å². The van der Waals surface area contributed by atoms with Crippen LogP contribution in [0.3, 0.4) is 0 Å². The number of carbonyl (C=O) groups excluding carboxylic acids is 2. The third-order valence-corrected chi connectivity index (χ3v) is 1.26. The SMILES string of the molecule is O=C(O)CNC(=O)CC(=O)C=C(Cl)Cl. The van der Waals surface area contributed by atoms with Crippen molar-refractivity contribution in [1.29, 1.82) is 0 Å². The molecule has 0 bridgehead atoms. The molecule has 0 aliphatic heterocycles. The molecule has 0 aliphatic rings. The zero-order valence-corrected chi connectivity index (χ0v) is 8.43. The summed E-state index contributed by atoms with van der Waals surface area (Å²) in [5.41, 5.74) is 0. The van der Waals surface area contributed by atoms with E-state index in [1.807, 2.05) is 5.32 Å². The van der Waals surface area contributed by atoms with E-state index in [1.54, 1.807) is 0 Å². The molecule has 7 heteroatoms. The molecule has 0 unspecified atom stereocenters. The summed E-state index contributed by atoms with van der Waals surface area (Å²) in [6.45, 7) is -0.523. The predicted molar refractivity (Wildman–Crippen MR) is 50.1 cm³/mol. The van der Waals surface area contributed by atoms with Gasteiger partial charge in [-0.2, -0.15) is 0 Å². The maximum absolute atomic E-state index is 10.9. The molecule has 0 fully saturated rings. The highest BCUT2D eigenvalue weighted by atomic mass is 35.5. The van der Waals surface area contributed by atoms with Crippen molar-refractivity contribution in [1.82, 2.24) is 5.32 Å². The van der Waals surface area contributed by atoms with Gasteiger partial charge in [-0.15, -0.1) is 0 Å². The lowest BCUT2D eigenvalue weighted by atomic mass is 10.2. The average Bonchev–Trinajstić information content (AvgIpc) is 1.98. The van der Waals surface area contributed by atoms with Crippen molar-refractivity contribution in [2.75, 3.05) is 6.54 Å². The number of amides is 1. The number of carbonyl (C=O) groups is 3. The standard InChI is InChI=1S/C7H7Cl2NO4/c8-5(9)1-4(11)2-6(12)10-3-7(13)14/h1H,2-3H2,(H,10,12)(H,13,14). The number of nitrogens with one attached hydrogen (secondary N) is 1. The molecule has 1 amide bonds. The molecule has 0 aromatic carbocycles. The topological polar surface area (TPSA) is 83.5 Å². The van der Waals surface area contributed by atoms with Gasteiger partial charge < -0.3 is 10.4 Å². The Kier molecular flexibility index (Phi) is 5.91. The molecular formula is C7H7Cl2NO4. The molecule has 0 heterocycles. The molecule has 5 nitrogen and oxygen atoms in total. The van der Waals surface area contributed by atoms with Crippen LogP contribution < -0.4 is 5.32 Å². The number of allylic oxidation sites excluding steroid dienone is 1. The first-order chi connectivity index (χ1) is 6.41. The van der Waals surface area contributed by atoms with Crippen LogP contribution in [0.1, 0.15) is 6.42 Å². The number of carboxylic acids is 1. The van der Waals surface area contributed by atoms with E-state index in [-0.39, 0.29) is 4.49 Å². The second-order valence-electron chi connectivity index (χ2n) is 2.25. The van der Waals surface area contributed by atoms with Crippen molar-refractivity contribution in [2.24, 2.45) is 0 Å². The van der Waals surface area contributed by atoms with Gasteiger partial charge in [0.15, 0.2) is 5.78 Å². The van der Waals surface area contributed by atoms with Gasteiger partial charge in [0, 0.05) is 6.08 Å². The highest BCUT2D eigenvalue weighted by molar-refractivity contribution is 6.56. The summed E-state index contributed by atoms with van der Waals surface area (Å²) in [4.78, 5) is 31.7. The summed E-state index contributed by atoms with van der Waals surface area (Å²) < 4.78 is -0.249. The molecule has 78 valence electrons. The van der Waals surface area contributed by atoms with E-state index < -0.39 is 30.6 Å². The summed E-state index contributed by atoms with van der Waals surface area (Å²) in [7, 11) is 0. The van der Waals surface area contributed by atoms with Crippen LogP contribution in [0.4, 0.5) is 0 Å². The summed E-state index contributed by atoms with van der Waals surface area (Å²) in [5.74, 6) is -2.46. The summed E-state index contributed by atoms with van der Waals surface area (Å²) in [6.07, 6.45) is 0.402. The predicted octanol–water partition coefficient (Wildman–Crippen LogP) is 0.465. The Balaban J connectivity index is 3.89. The average molecular weight is 240 g/mol. The fourth-order valence-electron chi connectivity index (χ4n) is 0.568. The van der Waals surface area contributed by atoms with Crippen LogP contribution in [0.25, 0.3) is 0 Å². The molecule has 14 heavy (non-hydrogen) atoms. The van der Waals surface area contributed by atoms with Crippen LogP contribution >= 0.6 is 23.2 Å². The van der Waals surface area contributed by atoms with E-state index in [1.165, 1.54) is 0 Å². The Morgan fingerprint density at radius 2 is 1.86 bits per heavy atom. The fourth-order valence-corrected chi connectivity index (χ4v) is 0.811. The van der Waals surface area contributed by atoms with Crippen molar-refractivity contribution in [3.8, 4) is 0 Å². The molecule has 0 rings (SSSR count). The minimum atomic E-state index is -1.18. The number of ketones is 1. The van der Waals surface area contributed by atoms with E-state index in [0.717, 1.165) is 6.08 Å². The quantitative estimate of drug-likeness (QED) is 0.540. The molecule has 0 aliphatic carbocycles. The first-order valence-corrected chi connectivity index (χ1v) is 4.21. The van der Waals surface area contributed by atoms with Gasteiger partial charge in [0.2, 0.25) is 5.91 Å². The van der Waals surface area contributed by atoms with Gasteiger partial charge in [-0.25, -0.2) is 0 Å². The van der Waals surface area contributed by atoms with Gasteiger partial charge in [-0.3, -0.25) is 14.4 Å². The molecule has 0 aromatic rings.